The molecule has 0 aromatic heterocycles. The van der Waals surface area contributed by atoms with E-state index in [0.717, 1.165) is 31.3 Å². The summed E-state index contributed by atoms with van der Waals surface area (Å²) < 4.78 is 5.88. The molecule has 0 heterocycles. The molecule has 158 valence electrons. The van der Waals surface area contributed by atoms with Crippen LogP contribution in [0, 0.1) is 23.7 Å². The Kier molecular flexibility index (Phi) is 9.01. The lowest BCUT2D eigenvalue weighted by molar-refractivity contribution is -0.139. The zero-order chi connectivity index (χ0) is 20.6. The Morgan fingerprint density at radius 3 is 2.79 bits per heavy atom. The third-order valence-electron chi connectivity index (χ3n) is 6.35. The van der Waals surface area contributed by atoms with Gasteiger partial charge in [-0.3, -0.25) is 4.79 Å². The molecule has 2 aliphatic carbocycles. The summed E-state index contributed by atoms with van der Waals surface area (Å²) in [6.07, 6.45) is 9.99. The molecule has 0 aromatic rings. The van der Waals surface area contributed by atoms with Crippen LogP contribution in [0.4, 0.5) is 0 Å². The Balaban J connectivity index is 1.95. The van der Waals surface area contributed by atoms with Gasteiger partial charge in [-0.05, 0) is 44.1 Å². The van der Waals surface area contributed by atoms with Crippen molar-refractivity contribution in [2.75, 3.05) is 7.11 Å². The van der Waals surface area contributed by atoms with Crippen LogP contribution in [0.25, 0.3) is 0 Å². The van der Waals surface area contributed by atoms with Crippen molar-refractivity contribution in [2.45, 2.75) is 95.4 Å². The number of aliphatic hydroxyl groups is 2. The highest BCUT2D eigenvalue weighted by Crippen LogP contribution is 2.56. The highest BCUT2D eigenvalue weighted by molar-refractivity contribution is 5.66. The molecular weight excluding hydrogens is 356 g/mol. The topological polar surface area (TPSA) is 87.0 Å². The van der Waals surface area contributed by atoms with E-state index in [1.54, 1.807) is 7.11 Å². The van der Waals surface area contributed by atoms with Crippen LogP contribution in [0.15, 0.2) is 11.6 Å². The van der Waals surface area contributed by atoms with Crippen molar-refractivity contribution in [1.29, 1.82) is 0 Å². The number of carboxylic acids is 1. The number of carboxylic acid groups (broad SMARTS) is 1. The lowest BCUT2D eigenvalue weighted by atomic mass is 9.53. The number of hydrogen-bond acceptors (Lipinski definition) is 4. The molecule has 3 N–H and O–H groups in total. The summed E-state index contributed by atoms with van der Waals surface area (Å²) >= 11 is 0. The van der Waals surface area contributed by atoms with E-state index in [0.29, 0.717) is 19.3 Å². The number of hydrogen-bond donors (Lipinski definition) is 3. The average molecular weight is 393 g/mol. The summed E-state index contributed by atoms with van der Waals surface area (Å²) in [4.78, 5) is 10.8. The van der Waals surface area contributed by atoms with Gasteiger partial charge in [-0.25, -0.2) is 0 Å². The third-order valence-corrected chi connectivity index (χ3v) is 6.35. The minimum Gasteiger partial charge on any atom is -0.481 e. The fourth-order valence-corrected chi connectivity index (χ4v) is 4.67. The molecule has 2 aliphatic rings. The number of fused-ring (bicyclic) bond motifs is 1. The Hall–Kier alpha value is -1.35. The van der Waals surface area contributed by atoms with Gasteiger partial charge in [-0.2, -0.15) is 0 Å². The second-order valence-electron chi connectivity index (χ2n) is 8.21. The van der Waals surface area contributed by atoms with E-state index in [1.807, 2.05) is 6.08 Å². The van der Waals surface area contributed by atoms with Crippen molar-refractivity contribution in [3.05, 3.63) is 11.6 Å². The minimum absolute atomic E-state index is 0.0987. The number of aliphatic hydroxyl groups excluding tert-OH is 2. The summed E-state index contributed by atoms with van der Waals surface area (Å²) in [5, 5.41) is 29.5. The Morgan fingerprint density at radius 1 is 1.36 bits per heavy atom. The zero-order valence-electron chi connectivity index (χ0n) is 17.3. The molecule has 5 nitrogen and oxygen atoms in total. The van der Waals surface area contributed by atoms with Crippen LogP contribution in [0.5, 0.6) is 0 Å². The molecule has 0 amide bonds. The molecule has 0 bridgehead atoms. The molecule has 0 saturated heterocycles. The van der Waals surface area contributed by atoms with Crippen LogP contribution in [-0.4, -0.2) is 46.2 Å². The van der Waals surface area contributed by atoms with Gasteiger partial charge >= 0.3 is 5.97 Å². The monoisotopic (exact) mass is 392 g/mol. The molecular formula is C23H36O5. The second-order valence-corrected chi connectivity index (χ2v) is 8.21. The largest absolute Gasteiger partial charge is 0.481 e. The smallest absolute Gasteiger partial charge is 0.303 e. The summed E-state index contributed by atoms with van der Waals surface area (Å²) in [5.74, 6) is 5.21. The van der Waals surface area contributed by atoms with Gasteiger partial charge in [0.05, 0.1) is 17.6 Å². The molecule has 5 unspecified atom stereocenters. The lowest BCUT2D eigenvalue weighted by Crippen LogP contribution is -2.59. The van der Waals surface area contributed by atoms with Crippen LogP contribution in [-0.2, 0) is 9.53 Å². The Labute approximate surface area is 169 Å². The average Bonchev–Trinajstić information content (AvgIpc) is 2.65. The quantitative estimate of drug-likeness (QED) is 0.300. The van der Waals surface area contributed by atoms with Gasteiger partial charge in [-0.15, -0.1) is 0 Å². The molecule has 0 radical (unpaired) electrons. The van der Waals surface area contributed by atoms with Crippen LogP contribution in [0.2, 0.25) is 0 Å². The van der Waals surface area contributed by atoms with E-state index >= 15 is 0 Å². The van der Waals surface area contributed by atoms with Gasteiger partial charge in [0.1, 0.15) is 6.10 Å². The van der Waals surface area contributed by atoms with Gasteiger partial charge in [0.15, 0.2) is 0 Å². The van der Waals surface area contributed by atoms with E-state index < -0.39 is 23.8 Å². The maximum atomic E-state index is 10.8. The molecule has 0 spiro atoms. The molecule has 5 atom stereocenters. The molecule has 2 rings (SSSR count). The van der Waals surface area contributed by atoms with Crippen molar-refractivity contribution in [1.82, 2.24) is 0 Å². The summed E-state index contributed by atoms with van der Waals surface area (Å²) in [6.45, 7) is 2.18. The van der Waals surface area contributed by atoms with Gasteiger partial charge < -0.3 is 20.1 Å². The van der Waals surface area contributed by atoms with Crippen LogP contribution >= 0.6 is 0 Å². The van der Waals surface area contributed by atoms with Gasteiger partial charge in [0.25, 0.3) is 0 Å². The highest BCUT2D eigenvalue weighted by atomic mass is 16.5. The molecule has 5 heteroatoms. The molecule has 28 heavy (non-hydrogen) atoms. The Morgan fingerprint density at radius 2 is 2.11 bits per heavy atom. The van der Waals surface area contributed by atoms with Crippen molar-refractivity contribution in [2.24, 2.45) is 11.8 Å². The van der Waals surface area contributed by atoms with Crippen LogP contribution in [0.3, 0.4) is 0 Å². The third kappa shape index (κ3) is 5.59. The first kappa shape index (κ1) is 22.9. The maximum absolute atomic E-state index is 10.8. The van der Waals surface area contributed by atoms with Crippen molar-refractivity contribution in [3.63, 3.8) is 0 Å². The molecule has 2 fully saturated rings. The van der Waals surface area contributed by atoms with E-state index in [4.69, 9.17) is 9.84 Å². The van der Waals surface area contributed by atoms with Crippen molar-refractivity contribution >= 4 is 5.97 Å². The normalized spacial score (nSPS) is 31.4. The van der Waals surface area contributed by atoms with E-state index in [-0.39, 0.29) is 18.3 Å². The van der Waals surface area contributed by atoms with Crippen molar-refractivity contribution < 1.29 is 24.9 Å². The number of carbonyl (C=O) groups is 1. The first-order chi connectivity index (χ1) is 13.4. The number of unbranched alkanes of at least 4 members (excludes halogenated alkanes) is 4. The van der Waals surface area contributed by atoms with E-state index in [2.05, 4.69) is 18.8 Å². The van der Waals surface area contributed by atoms with Gasteiger partial charge in [0.2, 0.25) is 0 Å². The number of ether oxygens (including phenoxy) is 1. The zero-order valence-corrected chi connectivity index (χ0v) is 17.3. The summed E-state index contributed by atoms with van der Waals surface area (Å²) in [6, 6.07) is 0. The predicted octanol–water partition coefficient (Wildman–Crippen LogP) is 3.68. The number of aliphatic carboxylic acids is 1. The SMILES string of the molecule is CCCCCCCC(O)C#CC1C(O)CCC2(OC)C(=CCCC(=O)O)CC12. The van der Waals surface area contributed by atoms with Gasteiger partial charge in [-0.1, -0.05) is 50.5 Å². The first-order valence-corrected chi connectivity index (χ1v) is 10.8. The van der Waals surface area contributed by atoms with Crippen molar-refractivity contribution in [3.8, 4) is 11.8 Å². The van der Waals surface area contributed by atoms with Gasteiger partial charge in [0, 0.05) is 19.4 Å². The Bertz CT molecular complexity index is 602. The number of methoxy groups -OCH3 is 1. The number of allylic oxidation sites excluding steroid dienone is 1. The summed E-state index contributed by atoms with van der Waals surface area (Å²) in [7, 11) is 1.69. The standard InChI is InChI=1S/C23H36O5/c1-3-4-5-6-7-10-18(24)12-13-19-20-16-17(9-8-11-22(26)27)23(20,28-2)15-14-21(19)25/h9,18-21,24-25H,3-8,10-11,14-16H2,1-2H3,(H,26,27). The highest BCUT2D eigenvalue weighted by Gasteiger charge is 2.58. The fourth-order valence-electron chi connectivity index (χ4n) is 4.67. The minimum atomic E-state index is -0.800. The lowest BCUT2D eigenvalue weighted by Gasteiger charge is -2.57. The molecule has 0 aromatic carbocycles. The van der Waals surface area contributed by atoms with Crippen LogP contribution in [0.1, 0.15) is 77.6 Å². The fraction of sp³-hybridized carbons (Fsp3) is 0.783. The van der Waals surface area contributed by atoms with E-state index in [9.17, 15) is 15.0 Å². The van der Waals surface area contributed by atoms with E-state index in [1.165, 1.54) is 19.3 Å². The molecule has 0 aliphatic heterocycles. The predicted molar refractivity (Wildman–Crippen MR) is 109 cm³/mol. The van der Waals surface area contributed by atoms with Crippen LogP contribution < -0.4 is 0 Å². The molecule has 2 saturated carbocycles. The first-order valence-electron chi connectivity index (χ1n) is 10.8. The summed E-state index contributed by atoms with van der Waals surface area (Å²) in [5.41, 5.74) is 0.707. The maximum Gasteiger partial charge on any atom is 0.303 e. The second kappa shape index (κ2) is 11.0. The number of rotatable bonds is 10.